The number of benzene rings is 1. The van der Waals surface area contributed by atoms with Crippen molar-refractivity contribution in [3.05, 3.63) is 29.8 Å². The molecule has 2 unspecified atom stereocenters. The minimum Gasteiger partial charge on any atom is -0.464 e. The van der Waals surface area contributed by atoms with Crippen LogP contribution in [-0.4, -0.2) is 31.1 Å². The number of hydrogen-bond donors (Lipinski definition) is 2. The first kappa shape index (κ1) is 14.4. The number of nitrogens with one attached hydrogen (secondary N) is 2. The van der Waals surface area contributed by atoms with Gasteiger partial charge < -0.3 is 15.4 Å². The Hall–Kier alpha value is -2.04. The first-order valence-corrected chi connectivity index (χ1v) is 6.93. The SMILES string of the molecule is CCOC(=O)C(C)NC(=O)C1CCNc2ccccc21. The minimum absolute atomic E-state index is 0.125. The lowest BCUT2D eigenvalue weighted by atomic mass is 9.90. The van der Waals surface area contributed by atoms with Crippen molar-refractivity contribution in [2.45, 2.75) is 32.2 Å². The molecule has 1 heterocycles. The predicted molar refractivity (Wildman–Crippen MR) is 76.5 cm³/mol. The predicted octanol–water partition coefficient (Wildman–Crippen LogP) is 1.65. The molecule has 1 aliphatic rings. The van der Waals surface area contributed by atoms with Gasteiger partial charge in [-0.3, -0.25) is 4.79 Å². The Morgan fingerprint density at radius 3 is 2.95 bits per heavy atom. The molecule has 0 saturated heterocycles. The molecule has 20 heavy (non-hydrogen) atoms. The van der Waals surface area contributed by atoms with E-state index in [1.165, 1.54) is 0 Å². The maximum atomic E-state index is 12.3. The molecule has 1 aliphatic heterocycles. The Kier molecular flexibility index (Phi) is 4.61. The van der Waals surface area contributed by atoms with Crippen LogP contribution in [0.1, 0.15) is 31.7 Å². The highest BCUT2D eigenvalue weighted by atomic mass is 16.5. The van der Waals surface area contributed by atoms with Crippen molar-refractivity contribution in [3.8, 4) is 0 Å². The summed E-state index contributed by atoms with van der Waals surface area (Å²) in [5.74, 6) is -0.744. The maximum absolute atomic E-state index is 12.3. The van der Waals surface area contributed by atoms with Gasteiger partial charge in [0.15, 0.2) is 0 Å². The molecule has 2 rings (SSSR count). The van der Waals surface area contributed by atoms with Crippen molar-refractivity contribution in [2.75, 3.05) is 18.5 Å². The van der Waals surface area contributed by atoms with E-state index in [4.69, 9.17) is 4.74 Å². The van der Waals surface area contributed by atoms with Crippen molar-refractivity contribution in [3.63, 3.8) is 0 Å². The van der Waals surface area contributed by atoms with Gasteiger partial charge in [-0.15, -0.1) is 0 Å². The quantitative estimate of drug-likeness (QED) is 0.821. The largest absolute Gasteiger partial charge is 0.464 e. The number of ether oxygens (including phenoxy) is 1. The van der Waals surface area contributed by atoms with Crippen molar-refractivity contribution in [2.24, 2.45) is 0 Å². The molecular formula is C15H20N2O3. The lowest BCUT2D eigenvalue weighted by Gasteiger charge is -2.26. The van der Waals surface area contributed by atoms with Crippen molar-refractivity contribution >= 4 is 17.6 Å². The van der Waals surface area contributed by atoms with Crippen LogP contribution in [0.25, 0.3) is 0 Å². The first-order chi connectivity index (χ1) is 9.63. The third kappa shape index (κ3) is 3.10. The van der Waals surface area contributed by atoms with Crippen LogP contribution < -0.4 is 10.6 Å². The number of hydrogen-bond acceptors (Lipinski definition) is 4. The van der Waals surface area contributed by atoms with Gasteiger partial charge in [0.05, 0.1) is 12.5 Å². The summed E-state index contributed by atoms with van der Waals surface area (Å²) in [7, 11) is 0. The monoisotopic (exact) mass is 276 g/mol. The third-order valence-electron chi connectivity index (χ3n) is 3.40. The Balaban J connectivity index is 2.05. The van der Waals surface area contributed by atoms with Crippen LogP contribution in [0, 0.1) is 0 Å². The van der Waals surface area contributed by atoms with Crippen LogP contribution in [-0.2, 0) is 14.3 Å². The summed E-state index contributed by atoms with van der Waals surface area (Å²) >= 11 is 0. The second kappa shape index (κ2) is 6.41. The minimum atomic E-state index is -0.621. The first-order valence-electron chi connectivity index (χ1n) is 6.93. The van der Waals surface area contributed by atoms with Gasteiger partial charge in [-0.25, -0.2) is 4.79 Å². The van der Waals surface area contributed by atoms with E-state index in [0.717, 1.165) is 24.2 Å². The number of para-hydroxylation sites is 1. The lowest BCUT2D eigenvalue weighted by Crippen LogP contribution is -2.43. The van der Waals surface area contributed by atoms with E-state index in [1.54, 1.807) is 13.8 Å². The molecule has 1 aromatic rings. The number of carbonyl (C=O) groups excluding carboxylic acids is 2. The summed E-state index contributed by atoms with van der Waals surface area (Å²) in [4.78, 5) is 23.9. The Morgan fingerprint density at radius 2 is 2.20 bits per heavy atom. The van der Waals surface area contributed by atoms with Gasteiger partial charge in [0.1, 0.15) is 6.04 Å². The number of esters is 1. The summed E-state index contributed by atoms with van der Waals surface area (Å²) in [6.45, 7) is 4.45. The van der Waals surface area contributed by atoms with Gasteiger partial charge >= 0.3 is 5.97 Å². The van der Waals surface area contributed by atoms with Crippen molar-refractivity contribution < 1.29 is 14.3 Å². The van der Waals surface area contributed by atoms with E-state index in [1.807, 2.05) is 24.3 Å². The van der Waals surface area contributed by atoms with Gasteiger partial charge in [0.2, 0.25) is 5.91 Å². The Labute approximate surface area is 118 Å². The molecule has 1 aromatic carbocycles. The fourth-order valence-electron chi connectivity index (χ4n) is 2.38. The molecule has 108 valence electrons. The van der Waals surface area contributed by atoms with Crippen LogP contribution in [0.4, 0.5) is 5.69 Å². The van der Waals surface area contributed by atoms with Crippen LogP contribution in [0.5, 0.6) is 0 Å². The molecule has 0 aliphatic carbocycles. The van der Waals surface area contributed by atoms with Crippen molar-refractivity contribution in [1.29, 1.82) is 0 Å². The smallest absolute Gasteiger partial charge is 0.328 e. The van der Waals surface area contributed by atoms with Crippen LogP contribution in [0.15, 0.2) is 24.3 Å². The highest BCUT2D eigenvalue weighted by Crippen LogP contribution is 2.31. The molecule has 0 fully saturated rings. The lowest BCUT2D eigenvalue weighted by molar-refractivity contribution is -0.147. The van der Waals surface area contributed by atoms with E-state index in [-0.39, 0.29) is 11.8 Å². The highest BCUT2D eigenvalue weighted by Gasteiger charge is 2.28. The van der Waals surface area contributed by atoms with Crippen LogP contribution in [0.2, 0.25) is 0 Å². The fourth-order valence-corrected chi connectivity index (χ4v) is 2.38. The topological polar surface area (TPSA) is 67.4 Å². The van der Waals surface area contributed by atoms with Crippen LogP contribution >= 0.6 is 0 Å². The summed E-state index contributed by atoms with van der Waals surface area (Å²) in [5, 5.41) is 6.01. The summed E-state index contributed by atoms with van der Waals surface area (Å²) < 4.78 is 4.90. The van der Waals surface area contributed by atoms with Gasteiger partial charge in [0.25, 0.3) is 0 Å². The summed E-state index contributed by atoms with van der Waals surface area (Å²) in [5.41, 5.74) is 1.97. The van der Waals surface area contributed by atoms with E-state index in [0.29, 0.717) is 6.61 Å². The average molecular weight is 276 g/mol. The number of carbonyl (C=O) groups is 2. The molecule has 0 radical (unpaired) electrons. The number of fused-ring (bicyclic) bond motifs is 1. The Morgan fingerprint density at radius 1 is 1.45 bits per heavy atom. The van der Waals surface area contributed by atoms with Gasteiger partial charge in [-0.2, -0.15) is 0 Å². The summed E-state index contributed by atoms with van der Waals surface area (Å²) in [6, 6.07) is 7.14. The maximum Gasteiger partial charge on any atom is 0.328 e. The highest BCUT2D eigenvalue weighted by molar-refractivity contribution is 5.90. The fraction of sp³-hybridized carbons (Fsp3) is 0.467. The third-order valence-corrected chi connectivity index (χ3v) is 3.40. The molecule has 2 atom stereocenters. The van der Waals surface area contributed by atoms with Crippen molar-refractivity contribution in [1.82, 2.24) is 5.32 Å². The molecular weight excluding hydrogens is 256 g/mol. The Bertz CT molecular complexity index is 502. The molecule has 2 N–H and O–H groups in total. The molecule has 5 heteroatoms. The van der Waals surface area contributed by atoms with Crippen LogP contribution in [0.3, 0.4) is 0 Å². The number of amides is 1. The number of rotatable bonds is 4. The average Bonchev–Trinajstić information content (AvgIpc) is 2.46. The summed E-state index contributed by atoms with van der Waals surface area (Å²) in [6.07, 6.45) is 0.721. The normalized spacial score (nSPS) is 18.4. The zero-order valence-electron chi connectivity index (χ0n) is 11.8. The van der Waals surface area contributed by atoms with E-state index in [2.05, 4.69) is 10.6 Å². The second-order valence-corrected chi connectivity index (χ2v) is 4.84. The van der Waals surface area contributed by atoms with E-state index in [9.17, 15) is 9.59 Å². The molecule has 1 amide bonds. The second-order valence-electron chi connectivity index (χ2n) is 4.84. The van der Waals surface area contributed by atoms with Gasteiger partial charge in [-0.1, -0.05) is 18.2 Å². The van der Waals surface area contributed by atoms with E-state index >= 15 is 0 Å². The molecule has 0 saturated carbocycles. The van der Waals surface area contributed by atoms with Gasteiger partial charge in [-0.05, 0) is 31.9 Å². The molecule has 5 nitrogen and oxygen atoms in total. The van der Waals surface area contributed by atoms with E-state index < -0.39 is 12.0 Å². The molecule has 0 spiro atoms. The zero-order chi connectivity index (χ0) is 14.5. The van der Waals surface area contributed by atoms with Gasteiger partial charge in [0, 0.05) is 12.2 Å². The molecule has 0 bridgehead atoms. The standard InChI is InChI=1S/C15H20N2O3/c1-3-20-15(19)10(2)17-14(18)12-8-9-16-13-7-5-4-6-11(12)13/h4-7,10,12,16H,3,8-9H2,1-2H3,(H,17,18). The number of anilines is 1. The molecule has 0 aromatic heterocycles. The zero-order valence-corrected chi connectivity index (χ0v) is 11.8.